The number of amides is 2. The minimum absolute atomic E-state index is 0.115. The summed E-state index contributed by atoms with van der Waals surface area (Å²) in [5, 5.41) is 3.34. The van der Waals surface area contributed by atoms with E-state index in [0.29, 0.717) is 23.2 Å². The number of halogens is 1. The number of rotatable bonds is 4. The molecule has 0 saturated carbocycles. The number of anilines is 1. The van der Waals surface area contributed by atoms with Gasteiger partial charge in [0.15, 0.2) is 0 Å². The summed E-state index contributed by atoms with van der Waals surface area (Å²) in [6.45, 7) is 4.25. The predicted octanol–water partition coefficient (Wildman–Crippen LogP) is 4.41. The van der Waals surface area contributed by atoms with Crippen molar-refractivity contribution in [2.24, 2.45) is 0 Å². The zero-order valence-corrected chi connectivity index (χ0v) is 15.9. The number of aromatic nitrogens is 1. The first-order chi connectivity index (χ1) is 12.5. The van der Waals surface area contributed by atoms with E-state index in [1.165, 1.54) is 4.90 Å². The fourth-order valence-electron chi connectivity index (χ4n) is 2.76. The van der Waals surface area contributed by atoms with Gasteiger partial charge in [0.2, 0.25) is 0 Å². The number of thiocarbonyl (C=S) groups is 1. The summed E-state index contributed by atoms with van der Waals surface area (Å²) in [7, 11) is 0. The van der Waals surface area contributed by atoms with Crippen molar-refractivity contribution in [3.63, 3.8) is 0 Å². The molecule has 1 saturated heterocycles. The van der Waals surface area contributed by atoms with Gasteiger partial charge in [-0.25, -0.2) is 14.7 Å². The molecule has 136 valence electrons. The van der Waals surface area contributed by atoms with E-state index < -0.39 is 6.10 Å². The molecule has 1 aliphatic heterocycles. The Hall–Kier alpha value is -2.38. The van der Waals surface area contributed by atoms with Crippen LogP contribution in [0.3, 0.4) is 0 Å². The van der Waals surface area contributed by atoms with E-state index in [9.17, 15) is 4.79 Å². The quantitative estimate of drug-likeness (QED) is 0.617. The van der Waals surface area contributed by atoms with Crippen LogP contribution in [0.25, 0.3) is 0 Å². The van der Waals surface area contributed by atoms with Crippen LogP contribution in [0.5, 0.6) is 5.75 Å². The summed E-state index contributed by atoms with van der Waals surface area (Å²) in [4.78, 5) is 18.3. The van der Waals surface area contributed by atoms with E-state index in [1.54, 1.807) is 24.4 Å². The first-order valence-corrected chi connectivity index (χ1v) is 8.94. The lowest BCUT2D eigenvalue weighted by Crippen LogP contribution is -2.40. The van der Waals surface area contributed by atoms with Gasteiger partial charge in [-0.1, -0.05) is 29.8 Å². The summed E-state index contributed by atoms with van der Waals surface area (Å²) in [5.74, 6) is 0.598. The monoisotopic (exact) mass is 391 g/mol. The number of pyridine rings is 1. The molecule has 1 fully saturated rings. The maximum Gasteiger partial charge on any atom is 0.329 e. The standard InChI is InChI=1S/C18H18ClN3O3S/c1-3-24-14-7-5-4-6-13(14)21-17(23)22-11(2)16(25-18(22)26)12-8-9-15(19)20-10-12/h4-11,16H,3H2,1-2H3,(H,21,23)/t11-,16-/m1/s1. The van der Waals surface area contributed by atoms with Crippen molar-refractivity contribution >= 4 is 40.7 Å². The van der Waals surface area contributed by atoms with Gasteiger partial charge >= 0.3 is 6.03 Å². The average Bonchev–Trinajstić information content (AvgIpc) is 2.92. The molecule has 1 N–H and O–H groups in total. The summed E-state index contributed by atoms with van der Waals surface area (Å²) in [6, 6.07) is 10.0. The van der Waals surface area contributed by atoms with Gasteiger partial charge < -0.3 is 14.8 Å². The number of carbonyl (C=O) groups excluding carboxylic acids is 1. The first-order valence-electron chi connectivity index (χ1n) is 8.15. The van der Waals surface area contributed by atoms with Gasteiger partial charge in [-0.2, -0.15) is 0 Å². The van der Waals surface area contributed by atoms with E-state index in [-0.39, 0.29) is 17.2 Å². The lowest BCUT2D eigenvalue weighted by molar-refractivity contribution is 0.197. The third-order valence-electron chi connectivity index (χ3n) is 4.00. The van der Waals surface area contributed by atoms with Crippen LogP contribution < -0.4 is 10.1 Å². The zero-order valence-electron chi connectivity index (χ0n) is 14.3. The smallest absolute Gasteiger partial charge is 0.329 e. The van der Waals surface area contributed by atoms with E-state index in [2.05, 4.69) is 10.3 Å². The number of hydrogen-bond donors (Lipinski definition) is 1. The predicted molar refractivity (Wildman–Crippen MR) is 104 cm³/mol. The lowest BCUT2D eigenvalue weighted by atomic mass is 10.1. The maximum absolute atomic E-state index is 12.8. The molecule has 0 unspecified atom stereocenters. The van der Waals surface area contributed by atoms with E-state index in [1.807, 2.05) is 32.0 Å². The van der Waals surface area contributed by atoms with Gasteiger partial charge in [0, 0.05) is 11.8 Å². The highest BCUT2D eigenvalue weighted by Crippen LogP contribution is 2.33. The Kier molecular flexibility index (Phi) is 5.58. The normalized spacial score (nSPS) is 19.2. The van der Waals surface area contributed by atoms with Gasteiger partial charge in [0.25, 0.3) is 5.17 Å². The summed E-state index contributed by atoms with van der Waals surface area (Å²) < 4.78 is 11.3. The highest BCUT2D eigenvalue weighted by molar-refractivity contribution is 7.80. The van der Waals surface area contributed by atoms with Crippen molar-refractivity contribution in [3.8, 4) is 5.75 Å². The van der Waals surface area contributed by atoms with Gasteiger partial charge in [0.1, 0.15) is 17.0 Å². The number of carbonyl (C=O) groups is 1. The number of nitrogens with zero attached hydrogens (tertiary/aromatic N) is 2. The van der Waals surface area contributed by atoms with Crippen LogP contribution in [0.15, 0.2) is 42.6 Å². The third-order valence-corrected chi connectivity index (χ3v) is 4.51. The van der Waals surface area contributed by atoms with Gasteiger partial charge in [0.05, 0.1) is 18.3 Å². The SMILES string of the molecule is CCOc1ccccc1NC(=O)N1C(=S)O[C@@H](c2ccc(Cl)nc2)[C@H]1C. The number of benzene rings is 1. The second-order valence-corrected chi connectivity index (χ2v) is 6.43. The molecule has 1 aliphatic rings. The molecule has 1 aromatic heterocycles. The Morgan fingerprint density at radius 3 is 2.85 bits per heavy atom. The van der Waals surface area contributed by atoms with Crippen LogP contribution >= 0.6 is 23.8 Å². The Labute approximate surface area is 162 Å². The highest BCUT2D eigenvalue weighted by Gasteiger charge is 2.41. The number of para-hydroxylation sites is 2. The Morgan fingerprint density at radius 2 is 2.15 bits per heavy atom. The Morgan fingerprint density at radius 1 is 1.38 bits per heavy atom. The molecular weight excluding hydrogens is 374 g/mol. The number of ether oxygens (including phenoxy) is 2. The molecule has 0 spiro atoms. The van der Waals surface area contributed by atoms with E-state index in [4.69, 9.17) is 33.3 Å². The number of nitrogens with one attached hydrogen (secondary N) is 1. The van der Waals surface area contributed by atoms with Crippen LogP contribution in [0.2, 0.25) is 5.15 Å². The molecule has 2 aromatic rings. The maximum atomic E-state index is 12.8. The van der Waals surface area contributed by atoms with Gasteiger partial charge in [-0.3, -0.25) is 0 Å². The van der Waals surface area contributed by atoms with Crippen LogP contribution in [-0.2, 0) is 4.74 Å². The molecule has 0 aliphatic carbocycles. The molecule has 2 amide bonds. The van der Waals surface area contributed by atoms with Gasteiger partial charge in [-0.05, 0) is 44.3 Å². The molecule has 0 radical (unpaired) electrons. The van der Waals surface area contributed by atoms with Crippen LogP contribution in [0.4, 0.5) is 10.5 Å². The topological polar surface area (TPSA) is 63.7 Å². The largest absolute Gasteiger partial charge is 0.492 e. The molecule has 26 heavy (non-hydrogen) atoms. The summed E-state index contributed by atoms with van der Waals surface area (Å²) in [6.07, 6.45) is 1.22. The first kappa shape index (κ1) is 18.4. The second kappa shape index (κ2) is 7.88. The third kappa shape index (κ3) is 3.73. The molecule has 6 nitrogen and oxygen atoms in total. The van der Waals surface area contributed by atoms with Crippen molar-refractivity contribution in [1.29, 1.82) is 0 Å². The van der Waals surface area contributed by atoms with Crippen LogP contribution in [0, 0.1) is 0 Å². The van der Waals surface area contributed by atoms with Crippen molar-refractivity contribution in [2.75, 3.05) is 11.9 Å². The van der Waals surface area contributed by atoms with Crippen molar-refractivity contribution < 1.29 is 14.3 Å². The molecule has 1 aromatic carbocycles. The van der Waals surface area contributed by atoms with Crippen molar-refractivity contribution in [2.45, 2.75) is 26.0 Å². The molecule has 8 heteroatoms. The van der Waals surface area contributed by atoms with E-state index in [0.717, 1.165) is 5.56 Å². The minimum atomic E-state index is -0.403. The lowest BCUT2D eigenvalue weighted by Gasteiger charge is -2.21. The van der Waals surface area contributed by atoms with Crippen LogP contribution in [0.1, 0.15) is 25.5 Å². The van der Waals surface area contributed by atoms with Gasteiger partial charge in [-0.15, -0.1) is 0 Å². The zero-order chi connectivity index (χ0) is 18.7. The van der Waals surface area contributed by atoms with E-state index >= 15 is 0 Å². The fourth-order valence-corrected chi connectivity index (χ4v) is 3.23. The average molecular weight is 392 g/mol. The fraction of sp³-hybridized carbons (Fsp3) is 0.278. The molecular formula is C18H18ClN3O3S. The van der Waals surface area contributed by atoms with Crippen molar-refractivity contribution in [1.82, 2.24) is 9.88 Å². The Balaban J connectivity index is 1.77. The second-order valence-electron chi connectivity index (χ2n) is 5.69. The minimum Gasteiger partial charge on any atom is -0.492 e. The highest BCUT2D eigenvalue weighted by atomic mass is 35.5. The van der Waals surface area contributed by atoms with Crippen molar-refractivity contribution in [3.05, 3.63) is 53.3 Å². The number of urea groups is 1. The molecule has 2 heterocycles. The molecule has 2 atom stereocenters. The summed E-state index contributed by atoms with van der Waals surface area (Å²) in [5.41, 5.74) is 1.38. The molecule has 0 bridgehead atoms. The summed E-state index contributed by atoms with van der Waals surface area (Å²) >= 11 is 11.1. The molecule has 3 rings (SSSR count). The number of hydrogen-bond acceptors (Lipinski definition) is 5. The Bertz CT molecular complexity index is 816. The van der Waals surface area contributed by atoms with Crippen LogP contribution in [-0.4, -0.2) is 33.7 Å².